The number of benzene rings is 1. The zero-order valence-corrected chi connectivity index (χ0v) is 11.2. The molecule has 0 spiro atoms. The van der Waals surface area contributed by atoms with E-state index in [4.69, 9.17) is 4.74 Å². The number of carboxylic acid groups (broad SMARTS) is 1. The predicted octanol–water partition coefficient (Wildman–Crippen LogP) is 3.34. The summed E-state index contributed by atoms with van der Waals surface area (Å²) in [6.45, 7) is 3.76. The van der Waals surface area contributed by atoms with Gasteiger partial charge in [-0.25, -0.2) is 0 Å². The zero-order chi connectivity index (χ0) is 12.3. The predicted molar refractivity (Wildman–Crippen MR) is 66.1 cm³/mol. The number of methoxy groups -OCH3 is 1. The molecule has 3 nitrogen and oxygen atoms in total. The first-order valence-electron chi connectivity index (χ1n) is 5.08. The lowest BCUT2D eigenvalue weighted by molar-refractivity contribution is -0.138. The molecule has 88 valence electrons. The second-order valence-electron chi connectivity index (χ2n) is 3.61. The van der Waals surface area contributed by atoms with Gasteiger partial charge in [-0.3, -0.25) is 4.79 Å². The number of aryl methyl sites for hydroxylation is 1. The number of ether oxygens (including phenoxy) is 1. The minimum absolute atomic E-state index is 0.521. The highest BCUT2D eigenvalue weighted by Gasteiger charge is 2.24. The summed E-state index contributed by atoms with van der Waals surface area (Å²) in [5.41, 5.74) is 1.70. The Morgan fingerprint density at radius 1 is 1.56 bits per heavy atom. The van der Waals surface area contributed by atoms with Crippen LogP contribution in [0.5, 0.6) is 5.75 Å². The SMILES string of the molecule is CCC(C(=O)O)c1c(C)ccc(Br)c1OC. The Balaban J connectivity index is 3.39. The fourth-order valence-electron chi connectivity index (χ4n) is 1.81. The van der Waals surface area contributed by atoms with Crippen LogP contribution >= 0.6 is 15.9 Å². The van der Waals surface area contributed by atoms with Gasteiger partial charge in [-0.05, 0) is 40.9 Å². The first kappa shape index (κ1) is 13.0. The van der Waals surface area contributed by atoms with Crippen molar-refractivity contribution in [2.24, 2.45) is 0 Å². The molecule has 0 aliphatic heterocycles. The van der Waals surface area contributed by atoms with Crippen molar-refractivity contribution < 1.29 is 14.6 Å². The van der Waals surface area contributed by atoms with Gasteiger partial charge in [0.1, 0.15) is 5.75 Å². The highest BCUT2D eigenvalue weighted by atomic mass is 79.9. The van der Waals surface area contributed by atoms with Crippen molar-refractivity contribution in [3.05, 3.63) is 27.7 Å². The summed E-state index contributed by atoms with van der Waals surface area (Å²) in [7, 11) is 1.55. The van der Waals surface area contributed by atoms with Crippen molar-refractivity contribution in [3.8, 4) is 5.75 Å². The molecule has 1 unspecified atom stereocenters. The van der Waals surface area contributed by atoms with Gasteiger partial charge >= 0.3 is 5.97 Å². The third-order valence-electron chi connectivity index (χ3n) is 2.62. The fourth-order valence-corrected chi connectivity index (χ4v) is 2.32. The molecule has 0 radical (unpaired) electrons. The molecule has 0 bridgehead atoms. The van der Waals surface area contributed by atoms with Crippen LogP contribution in [0.25, 0.3) is 0 Å². The number of hydrogen-bond donors (Lipinski definition) is 1. The van der Waals surface area contributed by atoms with Crippen LogP contribution < -0.4 is 4.74 Å². The monoisotopic (exact) mass is 286 g/mol. The van der Waals surface area contributed by atoms with Crippen LogP contribution in [0.15, 0.2) is 16.6 Å². The molecule has 16 heavy (non-hydrogen) atoms. The molecule has 1 aromatic rings. The van der Waals surface area contributed by atoms with Crippen LogP contribution in [0.4, 0.5) is 0 Å². The average Bonchev–Trinajstić information content (AvgIpc) is 2.24. The molecular formula is C12H15BrO3. The highest BCUT2D eigenvalue weighted by molar-refractivity contribution is 9.10. The zero-order valence-electron chi connectivity index (χ0n) is 9.58. The molecule has 0 heterocycles. The Morgan fingerprint density at radius 2 is 2.19 bits per heavy atom. The Kier molecular flexibility index (Phi) is 4.35. The molecule has 1 N–H and O–H groups in total. The van der Waals surface area contributed by atoms with Crippen LogP contribution in [0.1, 0.15) is 30.4 Å². The number of carbonyl (C=O) groups is 1. The quantitative estimate of drug-likeness (QED) is 0.923. The third kappa shape index (κ3) is 2.38. The van der Waals surface area contributed by atoms with E-state index in [-0.39, 0.29) is 0 Å². The summed E-state index contributed by atoms with van der Waals surface area (Å²) in [5.74, 6) is -0.719. The molecule has 0 aromatic heterocycles. The van der Waals surface area contributed by atoms with Gasteiger partial charge in [0.2, 0.25) is 0 Å². The van der Waals surface area contributed by atoms with E-state index in [0.717, 1.165) is 15.6 Å². The van der Waals surface area contributed by atoms with Gasteiger partial charge in [0.05, 0.1) is 17.5 Å². The standard InChI is InChI=1S/C12H15BrO3/c1-4-8(12(14)15)10-7(2)5-6-9(13)11(10)16-3/h5-6,8H,4H2,1-3H3,(H,14,15). The summed E-state index contributed by atoms with van der Waals surface area (Å²) >= 11 is 3.37. The lowest BCUT2D eigenvalue weighted by Crippen LogP contribution is -2.13. The van der Waals surface area contributed by atoms with E-state index in [1.54, 1.807) is 7.11 Å². The maximum Gasteiger partial charge on any atom is 0.311 e. The maximum absolute atomic E-state index is 11.2. The summed E-state index contributed by atoms with van der Waals surface area (Å²) in [6, 6.07) is 3.76. The van der Waals surface area contributed by atoms with Gasteiger partial charge in [-0.2, -0.15) is 0 Å². The number of halogens is 1. The molecule has 4 heteroatoms. The maximum atomic E-state index is 11.2. The molecule has 0 amide bonds. The smallest absolute Gasteiger partial charge is 0.311 e. The molecule has 0 aliphatic rings. The molecule has 1 atom stereocenters. The van der Waals surface area contributed by atoms with E-state index < -0.39 is 11.9 Å². The van der Waals surface area contributed by atoms with E-state index in [1.165, 1.54) is 0 Å². The molecule has 0 saturated heterocycles. The highest BCUT2D eigenvalue weighted by Crippen LogP contribution is 2.37. The lowest BCUT2D eigenvalue weighted by Gasteiger charge is -2.18. The van der Waals surface area contributed by atoms with E-state index in [0.29, 0.717) is 12.2 Å². The number of hydrogen-bond acceptors (Lipinski definition) is 2. The second-order valence-corrected chi connectivity index (χ2v) is 4.46. The van der Waals surface area contributed by atoms with Crippen molar-refractivity contribution >= 4 is 21.9 Å². The van der Waals surface area contributed by atoms with E-state index in [1.807, 2.05) is 26.0 Å². The van der Waals surface area contributed by atoms with Crippen molar-refractivity contribution in [2.45, 2.75) is 26.2 Å². The Morgan fingerprint density at radius 3 is 2.62 bits per heavy atom. The first-order chi connectivity index (χ1) is 7.52. The van der Waals surface area contributed by atoms with Crippen molar-refractivity contribution in [3.63, 3.8) is 0 Å². The van der Waals surface area contributed by atoms with Crippen LogP contribution in [0.2, 0.25) is 0 Å². The minimum Gasteiger partial charge on any atom is -0.495 e. The summed E-state index contributed by atoms with van der Waals surface area (Å²) in [6.07, 6.45) is 0.545. The number of carboxylic acids is 1. The first-order valence-corrected chi connectivity index (χ1v) is 5.88. The largest absolute Gasteiger partial charge is 0.495 e. The topological polar surface area (TPSA) is 46.5 Å². The van der Waals surface area contributed by atoms with E-state index >= 15 is 0 Å². The average molecular weight is 287 g/mol. The lowest BCUT2D eigenvalue weighted by atomic mass is 9.92. The van der Waals surface area contributed by atoms with Gasteiger partial charge in [-0.15, -0.1) is 0 Å². The van der Waals surface area contributed by atoms with Crippen LogP contribution in [-0.4, -0.2) is 18.2 Å². The molecular weight excluding hydrogens is 272 g/mol. The van der Waals surface area contributed by atoms with Crippen molar-refractivity contribution in [1.82, 2.24) is 0 Å². The summed E-state index contributed by atoms with van der Waals surface area (Å²) in [4.78, 5) is 11.2. The molecule has 0 aliphatic carbocycles. The molecule has 1 rings (SSSR count). The second kappa shape index (κ2) is 5.34. The van der Waals surface area contributed by atoms with Gasteiger partial charge < -0.3 is 9.84 Å². The fraction of sp³-hybridized carbons (Fsp3) is 0.417. The van der Waals surface area contributed by atoms with Gasteiger partial charge in [0.15, 0.2) is 0 Å². The van der Waals surface area contributed by atoms with Crippen LogP contribution in [-0.2, 0) is 4.79 Å². The molecule has 1 aromatic carbocycles. The van der Waals surface area contributed by atoms with Crippen LogP contribution in [0, 0.1) is 6.92 Å². The minimum atomic E-state index is -0.818. The van der Waals surface area contributed by atoms with Crippen LogP contribution in [0.3, 0.4) is 0 Å². The van der Waals surface area contributed by atoms with Gasteiger partial charge in [0.25, 0.3) is 0 Å². The van der Waals surface area contributed by atoms with E-state index in [2.05, 4.69) is 15.9 Å². The van der Waals surface area contributed by atoms with Crippen molar-refractivity contribution in [2.75, 3.05) is 7.11 Å². The Bertz CT molecular complexity index is 401. The Hall–Kier alpha value is -1.03. The third-order valence-corrected chi connectivity index (χ3v) is 3.25. The van der Waals surface area contributed by atoms with Gasteiger partial charge in [0, 0.05) is 5.56 Å². The molecule has 0 fully saturated rings. The van der Waals surface area contributed by atoms with Crippen molar-refractivity contribution in [1.29, 1.82) is 0 Å². The molecule has 0 saturated carbocycles. The normalized spacial score (nSPS) is 12.2. The Labute approximate surface area is 104 Å². The van der Waals surface area contributed by atoms with E-state index in [9.17, 15) is 9.90 Å². The summed E-state index contributed by atoms with van der Waals surface area (Å²) in [5, 5.41) is 9.19. The summed E-state index contributed by atoms with van der Waals surface area (Å²) < 4.78 is 6.07. The number of aliphatic carboxylic acids is 1. The van der Waals surface area contributed by atoms with Gasteiger partial charge in [-0.1, -0.05) is 13.0 Å². The number of rotatable bonds is 4.